The lowest BCUT2D eigenvalue weighted by atomic mass is 10.0. The number of hydrogen-bond acceptors (Lipinski definition) is 6. The zero-order valence-corrected chi connectivity index (χ0v) is 12.4. The topological polar surface area (TPSA) is 104 Å². The molecule has 0 amide bonds. The summed E-state index contributed by atoms with van der Waals surface area (Å²) in [6.07, 6.45) is -1.74. The molecule has 6 nitrogen and oxygen atoms in total. The second-order valence-corrected chi connectivity index (χ2v) is 5.66. The van der Waals surface area contributed by atoms with Crippen molar-refractivity contribution >= 4 is 22.8 Å². The van der Waals surface area contributed by atoms with Crippen molar-refractivity contribution < 1.29 is 29.6 Å². The number of hydrogen-bond donors (Lipinski definition) is 3. The molecule has 0 fully saturated rings. The lowest BCUT2D eigenvalue weighted by Gasteiger charge is -2.18. The van der Waals surface area contributed by atoms with Gasteiger partial charge in [0.2, 0.25) is 0 Å². The van der Waals surface area contributed by atoms with E-state index in [9.17, 15) is 19.8 Å². The third-order valence-electron chi connectivity index (χ3n) is 2.67. The fraction of sp³-hybridized carbons (Fsp3) is 0.429. The van der Waals surface area contributed by atoms with Crippen LogP contribution in [0.3, 0.4) is 0 Å². The molecule has 21 heavy (non-hydrogen) atoms. The van der Waals surface area contributed by atoms with Gasteiger partial charge in [0, 0.05) is 12.7 Å². The largest absolute Gasteiger partial charge is 0.482 e. The van der Waals surface area contributed by atoms with Crippen molar-refractivity contribution in [3.8, 4) is 5.75 Å². The summed E-state index contributed by atoms with van der Waals surface area (Å²) in [7, 11) is 0. The van der Waals surface area contributed by atoms with Crippen LogP contribution in [-0.4, -0.2) is 44.9 Å². The molecule has 1 rings (SSSR count). The van der Waals surface area contributed by atoms with Crippen molar-refractivity contribution in [3.05, 3.63) is 29.8 Å². The van der Waals surface area contributed by atoms with Gasteiger partial charge in [-0.1, -0.05) is 23.9 Å². The Morgan fingerprint density at radius 3 is 2.38 bits per heavy atom. The number of carbonyl (C=O) groups excluding carboxylic acids is 1. The average Bonchev–Trinajstić information content (AvgIpc) is 2.44. The molecule has 3 N–H and O–H groups in total. The first-order valence-corrected chi connectivity index (χ1v) is 7.32. The van der Waals surface area contributed by atoms with Crippen LogP contribution in [0.5, 0.6) is 5.75 Å². The van der Waals surface area contributed by atoms with Crippen molar-refractivity contribution in [3.63, 3.8) is 0 Å². The third-order valence-corrected chi connectivity index (χ3v) is 3.51. The summed E-state index contributed by atoms with van der Waals surface area (Å²) in [4.78, 5) is 21.1. The van der Waals surface area contributed by atoms with E-state index >= 15 is 0 Å². The van der Waals surface area contributed by atoms with Crippen LogP contribution in [0.25, 0.3) is 0 Å². The van der Waals surface area contributed by atoms with E-state index in [4.69, 9.17) is 9.84 Å². The maximum absolute atomic E-state index is 10.8. The highest BCUT2D eigenvalue weighted by Crippen LogP contribution is 2.23. The summed E-state index contributed by atoms with van der Waals surface area (Å²) in [6.45, 7) is 1.01. The number of carbonyl (C=O) groups is 2. The number of carboxylic acid groups (broad SMARTS) is 1. The minimum atomic E-state index is -1.07. The molecule has 0 aliphatic heterocycles. The predicted octanol–water partition coefficient (Wildman–Crippen LogP) is 1.21. The normalized spacial score (nSPS) is 13.5. The third kappa shape index (κ3) is 6.61. The van der Waals surface area contributed by atoms with Gasteiger partial charge in [-0.15, -0.1) is 0 Å². The maximum atomic E-state index is 10.8. The van der Waals surface area contributed by atoms with E-state index in [0.29, 0.717) is 23.5 Å². The van der Waals surface area contributed by atoms with Crippen molar-refractivity contribution in [1.82, 2.24) is 0 Å². The molecular formula is C14H18O6S. The van der Waals surface area contributed by atoms with Crippen LogP contribution in [0.2, 0.25) is 0 Å². The van der Waals surface area contributed by atoms with Crippen LogP contribution in [-0.2, 0) is 9.59 Å². The van der Waals surface area contributed by atoms with Gasteiger partial charge in [-0.25, -0.2) is 4.79 Å². The lowest BCUT2D eigenvalue weighted by molar-refractivity contribution is -0.139. The number of aliphatic hydroxyl groups is 2. The van der Waals surface area contributed by atoms with E-state index in [-0.39, 0.29) is 5.12 Å². The van der Waals surface area contributed by atoms with E-state index < -0.39 is 24.8 Å². The van der Waals surface area contributed by atoms with Gasteiger partial charge in [0.15, 0.2) is 11.7 Å². The van der Waals surface area contributed by atoms with Gasteiger partial charge in [-0.05, 0) is 24.1 Å². The second kappa shape index (κ2) is 8.66. The Hall–Kier alpha value is -1.57. The zero-order valence-electron chi connectivity index (χ0n) is 11.6. The van der Waals surface area contributed by atoms with Crippen molar-refractivity contribution in [2.45, 2.75) is 25.6 Å². The Morgan fingerprint density at radius 1 is 1.24 bits per heavy atom. The van der Waals surface area contributed by atoms with Crippen LogP contribution in [0.15, 0.2) is 24.3 Å². The monoisotopic (exact) mass is 314 g/mol. The Balaban J connectivity index is 2.51. The molecule has 0 heterocycles. The van der Waals surface area contributed by atoms with Gasteiger partial charge in [0.1, 0.15) is 11.9 Å². The summed E-state index contributed by atoms with van der Waals surface area (Å²) >= 11 is 1.10. The number of rotatable bonds is 8. The highest BCUT2D eigenvalue weighted by molar-refractivity contribution is 8.13. The fourth-order valence-corrected chi connectivity index (χ4v) is 2.26. The molecule has 0 aromatic heterocycles. The number of thioether (sulfide) groups is 1. The molecular weight excluding hydrogens is 296 g/mol. The molecule has 1 aromatic carbocycles. The molecule has 116 valence electrons. The van der Waals surface area contributed by atoms with E-state index in [0.717, 1.165) is 11.8 Å². The molecule has 0 saturated carbocycles. The van der Waals surface area contributed by atoms with Crippen LogP contribution >= 0.6 is 11.8 Å². The minimum absolute atomic E-state index is 0.0309. The molecule has 2 unspecified atom stereocenters. The summed E-state index contributed by atoms with van der Waals surface area (Å²) < 4.78 is 4.97. The smallest absolute Gasteiger partial charge is 0.341 e. The minimum Gasteiger partial charge on any atom is -0.482 e. The van der Waals surface area contributed by atoms with E-state index in [1.807, 2.05) is 0 Å². The number of aliphatic carboxylic acids is 1. The first-order chi connectivity index (χ1) is 9.90. The highest BCUT2D eigenvalue weighted by Gasteiger charge is 2.18. The van der Waals surface area contributed by atoms with E-state index in [2.05, 4.69) is 0 Å². The van der Waals surface area contributed by atoms with Gasteiger partial charge < -0.3 is 20.1 Å². The second-order valence-electron chi connectivity index (χ2n) is 4.39. The number of benzene rings is 1. The van der Waals surface area contributed by atoms with Crippen LogP contribution in [0.1, 0.15) is 25.0 Å². The standard InChI is InChI=1S/C14H18O6S/c1-9(15)21-7-6-12(16)14(19)10-2-4-11(5-3-10)20-8-13(17)18/h2-5,12,14,16,19H,6-8H2,1H3,(H,17,18). The van der Waals surface area contributed by atoms with Gasteiger partial charge in [-0.3, -0.25) is 4.79 Å². The highest BCUT2D eigenvalue weighted by atomic mass is 32.2. The van der Waals surface area contributed by atoms with Crippen LogP contribution in [0.4, 0.5) is 0 Å². The molecule has 7 heteroatoms. The fourth-order valence-electron chi connectivity index (χ4n) is 1.61. The summed E-state index contributed by atoms with van der Waals surface area (Å²) in [5, 5.41) is 28.3. The Kier molecular flexibility index (Phi) is 7.21. The Labute approximate surface area is 126 Å². The molecule has 1 aromatic rings. The lowest BCUT2D eigenvalue weighted by Crippen LogP contribution is -2.19. The van der Waals surface area contributed by atoms with E-state index in [1.54, 1.807) is 12.1 Å². The van der Waals surface area contributed by atoms with Crippen molar-refractivity contribution in [2.75, 3.05) is 12.4 Å². The number of ether oxygens (including phenoxy) is 1. The van der Waals surface area contributed by atoms with Gasteiger partial charge in [0.25, 0.3) is 0 Å². The number of carboxylic acids is 1. The predicted molar refractivity (Wildman–Crippen MR) is 78.3 cm³/mol. The van der Waals surface area contributed by atoms with Gasteiger partial charge in [-0.2, -0.15) is 0 Å². The molecule has 0 saturated heterocycles. The van der Waals surface area contributed by atoms with Crippen LogP contribution in [0, 0.1) is 0 Å². The van der Waals surface area contributed by atoms with Crippen molar-refractivity contribution in [2.24, 2.45) is 0 Å². The molecule has 0 bridgehead atoms. The maximum Gasteiger partial charge on any atom is 0.341 e. The zero-order chi connectivity index (χ0) is 15.8. The first-order valence-electron chi connectivity index (χ1n) is 6.34. The van der Waals surface area contributed by atoms with Gasteiger partial charge in [0.05, 0.1) is 6.10 Å². The summed E-state index contributed by atoms with van der Waals surface area (Å²) in [6, 6.07) is 6.17. The summed E-state index contributed by atoms with van der Waals surface area (Å²) in [5.41, 5.74) is 0.498. The van der Waals surface area contributed by atoms with Crippen molar-refractivity contribution in [1.29, 1.82) is 0 Å². The molecule has 0 spiro atoms. The van der Waals surface area contributed by atoms with Gasteiger partial charge >= 0.3 is 5.97 Å². The molecule has 0 radical (unpaired) electrons. The first kappa shape index (κ1) is 17.5. The number of aliphatic hydroxyl groups excluding tert-OH is 2. The Morgan fingerprint density at radius 2 is 1.86 bits per heavy atom. The SMILES string of the molecule is CC(=O)SCCC(O)C(O)c1ccc(OCC(=O)O)cc1. The summed E-state index contributed by atoms with van der Waals surface area (Å²) in [5.74, 6) is -0.264. The van der Waals surface area contributed by atoms with E-state index in [1.165, 1.54) is 19.1 Å². The van der Waals surface area contributed by atoms with Crippen LogP contribution < -0.4 is 4.74 Å². The Bertz CT molecular complexity index is 473. The quantitative estimate of drug-likeness (QED) is 0.662. The average molecular weight is 314 g/mol. The molecule has 2 atom stereocenters. The molecule has 0 aliphatic rings. The molecule has 0 aliphatic carbocycles.